The highest BCUT2D eigenvalue weighted by Gasteiger charge is 2.32. The molecule has 20 heavy (non-hydrogen) atoms. The third-order valence-corrected chi connectivity index (χ3v) is 5.35. The summed E-state index contributed by atoms with van der Waals surface area (Å²) in [4.78, 5) is 3.99. The van der Waals surface area contributed by atoms with Crippen molar-refractivity contribution in [3.8, 4) is 0 Å². The molecule has 0 spiro atoms. The van der Waals surface area contributed by atoms with Crippen LogP contribution in [0.15, 0.2) is 24.5 Å². The molecule has 1 aromatic heterocycles. The fourth-order valence-corrected chi connectivity index (χ4v) is 4.12. The summed E-state index contributed by atoms with van der Waals surface area (Å²) in [5, 5.41) is 9.33. The van der Waals surface area contributed by atoms with Gasteiger partial charge >= 0.3 is 0 Å². The van der Waals surface area contributed by atoms with Crippen LogP contribution in [0.1, 0.15) is 37.8 Å². The smallest absolute Gasteiger partial charge is 0.280 e. The highest BCUT2D eigenvalue weighted by atomic mass is 32.2. The molecule has 2 rings (SSSR count). The molecule has 112 valence electrons. The summed E-state index contributed by atoms with van der Waals surface area (Å²) in [6.45, 7) is 2.11. The van der Waals surface area contributed by atoms with Crippen molar-refractivity contribution in [2.24, 2.45) is 0 Å². The standard InChI is InChI=1S/C13H21N3O3S/c1-11(12-5-4-7-14-9-12)15-20(18,19)16-8-3-2-6-13(16)10-17/h4-5,7,9,11,13,15,17H,2-3,6,8,10H2,1H3. The van der Waals surface area contributed by atoms with E-state index in [9.17, 15) is 13.5 Å². The lowest BCUT2D eigenvalue weighted by atomic mass is 10.1. The zero-order chi connectivity index (χ0) is 14.6. The SMILES string of the molecule is CC(NS(=O)(=O)N1CCCCC1CO)c1cccnc1. The molecule has 1 fully saturated rings. The van der Waals surface area contributed by atoms with E-state index in [1.54, 1.807) is 25.4 Å². The van der Waals surface area contributed by atoms with E-state index in [1.165, 1.54) is 4.31 Å². The minimum absolute atomic E-state index is 0.137. The number of hydrogen-bond donors (Lipinski definition) is 2. The molecule has 0 amide bonds. The van der Waals surface area contributed by atoms with Crippen LogP contribution in [0.3, 0.4) is 0 Å². The number of aliphatic hydroxyl groups excluding tert-OH is 1. The van der Waals surface area contributed by atoms with Gasteiger partial charge in [0.25, 0.3) is 10.2 Å². The molecule has 0 radical (unpaired) electrons. The van der Waals surface area contributed by atoms with Crippen LogP contribution in [-0.2, 0) is 10.2 Å². The first-order valence-corrected chi connectivity index (χ1v) is 8.28. The largest absolute Gasteiger partial charge is 0.395 e. The number of rotatable bonds is 5. The van der Waals surface area contributed by atoms with Gasteiger partial charge in [-0.1, -0.05) is 12.5 Å². The molecule has 2 heterocycles. The Hall–Kier alpha value is -1.02. The van der Waals surface area contributed by atoms with Crippen molar-refractivity contribution in [3.63, 3.8) is 0 Å². The van der Waals surface area contributed by atoms with Crippen molar-refractivity contribution < 1.29 is 13.5 Å². The van der Waals surface area contributed by atoms with Crippen LogP contribution < -0.4 is 4.72 Å². The average molecular weight is 299 g/mol. The lowest BCUT2D eigenvalue weighted by Crippen LogP contribution is -2.50. The zero-order valence-corrected chi connectivity index (χ0v) is 12.4. The summed E-state index contributed by atoms with van der Waals surface area (Å²) >= 11 is 0. The molecule has 6 nitrogen and oxygen atoms in total. The van der Waals surface area contributed by atoms with Crippen LogP contribution in [0.2, 0.25) is 0 Å². The number of hydrogen-bond acceptors (Lipinski definition) is 4. The number of aromatic nitrogens is 1. The predicted octanol–water partition coefficient (Wildman–Crippen LogP) is 0.824. The summed E-state index contributed by atoms with van der Waals surface area (Å²) < 4.78 is 28.9. The van der Waals surface area contributed by atoms with Gasteiger partial charge in [-0.25, -0.2) is 0 Å². The van der Waals surface area contributed by atoms with E-state index in [0.717, 1.165) is 18.4 Å². The Labute approximate surface area is 120 Å². The molecule has 1 aliphatic heterocycles. The summed E-state index contributed by atoms with van der Waals surface area (Å²) in [5.74, 6) is 0. The second-order valence-electron chi connectivity index (χ2n) is 5.07. The lowest BCUT2D eigenvalue weighted by molar-refractivity contribution is 0.153. The van der Waals surface area contributed by atoms with Crippen LogP contribution in [-0.4, -0.2) is 42.0 Å². The second-order valence-corrected chi connectivity index (χ2v) is 6.73. The summed E-state index contributed by atoms with van der Waals surface area (Å²) in [6, 6.07) is 2.94. The Balaban J connectivity index is 2.10. The number of pyridine rings is 1. The second kappa shape index (κ2) is 6.62. The van der Waals surface area contributed by atoms with E-state index in [0.29, 0.717) is 13.0 Å². The molecule has 0 aromatic carbocycles. The predicted molar refractivity (Wildman–Crippen MR) is 76.1 cm³/mol. The maximum Gasteiger partial charge on any atom is 0.280 e. The van der Waals surface area contributed by atoms with Gasteiger partial charge in [-0.15, -0.1) is 0 Å². The van der Waals surface area contributed by atoms with Gasteiger partial charge in [0.2, 0.25) is 0 Å². The van der Waals surface area contributed by atoms with Gasteiger partial charge in [0, 0.05) is 31.0 Å². The molecule has 0 saturated carbocycles. The highest BCUT2D eigenvalue weighted by molar-refractivity contribution is 7.87. The first-order valence-electron chi connectivity index (χ1n) is 6.84. The van der Waals surface area contributed by atoms with Crippen LogP contribution in [0.5, 0.6) is 0 Å². The van der Waals surface area contributed by atoms with Crippen LogP contribution >= 0.6 is 0 Å². The highest BCUT2D eigenvalue weighted by Crippen LogP contribution is 2.21. The van der Waals surface area contributed by atoms with E-state index in [4.69, 9.17) is 0 Å². The molecule has 0 aliphatic carbocycles. The fraction of sp³-hybridized carbons (Fsp3) is 0.615. The summed E-state index contributed by atoms with van der Waals surface area (Å²) in [6.07, 6.45) is 5.79. The topological polar surface area (TPSA) is 82.5 Å². The van der Waals surface area contributed by atoms with E-state index < -0.39 is 10.2 Å². The van der Waals surface area contributed by atoms with E-state index in [-0.39, 0.29) is 18.7 Å². The van der Waals surface area contributed by atoms with E-state index in [1.807, 2.05) is 6.07 Å². The Bertz CT molecular complexity index is 521. The minimum Gasteiger partial charge on any atom is -0.395 e. The Morgan fingerprint density at radius 3 is 3.00 bits per heavy atom. The van der Waals surface area contributed by atoms with Gasteiger partial charge in [-0.2, -0.15) is 17.4 Å². The minimum atomic E-state index is -3.60. The van der Waals surface area contributed by atoms with Crippen molar-refractivity contribution in [2.45, 2.75) is 38.3 Å². The summed E-state index contributed by atoms with van der Waals surface area (Å²) in [5.41, 5.74) is 0.814. The Morgan fingerprint density at radius 1 is 1.55 bits per heavy atom. The first kappa shape index (κ1) is 15.4. The van der Waals surface area contributed by atoms with Gasteiger partial charge in [-0.05, 0) is 31.4 Å². The Morgan fingerprint density at radius 2 is 2.35 bits per heavy atom. The quantitative estimate of drug-likeness (QED) is 0.843. The third kappa shape index (κ3) is 3.54. The zero-order valence-electron chi connectivity index (χ0n) is 11.6. The molecular weight excluding hydrogens is 278 g/mol. The first-order chi connectivity index (χ1) is 9.54. The van der Waals surface area contributed by atoms with Gasteiger partial charge in [0.1, 0.15) is 0 Å². The maximum absolute atomic E-state index is 12.4. The summed E-state index contributed by atoms with van der Waals surface area (Å²) in [7, 11) is -3.60. The molecule has 1 saturated heterocycles. The average Bonchev–Trinajstić information content (AvgIpc) is 2.47. The molecule has 0 bridgehead atoms. The van der Waals surface area contributed by atoms with Crippen molar-refractivity contribution in [2.75, 3.05) is 13.2 Å². The fourth-order valence-electron chi connectivity index (χ4n) is 2.46. The van der Waals surface area contributed by atoms with Crippen molar-refractivity contribution in [3.05, 3.63) is 30.1 Å². The monoisotopic (exact) mass is 299 g/mol. The van der Waals surface area contributed by atoms with Crippen LogP contribution in [0.25, 0.3) is 0 Å². The van der Waals surface area contributed by atoms with Crippen LogP contribution in [0, 0.1) is 0 Å². The van der Waals surface area contributed by atoms with E-state index >= 15 is 0 Å². The molecule has 2 atom stereocenters. The third-order valence-electron chi connectivity index (χ3n) is 3.60. The molecular formula is C13H21N3O3S. The van der Waals surface area contributed by atoms with Gasteiger partial charge in [-0.3, -0.25) is 4.98 Å². The number of piperidine rings is 1. The van der Waals surface area contributed by atoms with Gasteiger partial charge in [0.15, 0.2) is 0 Å². The van der Waals surface area contributed by atoms with Crippen molar-refractivity contribution >= 4 is 10.2 Å². The molecule has 1 aromatic rings. The van der Waals surface area contributed by atoms with Crippen LogP contribution in [0.4, 0.5) is 0 Å². The van der Waals surface area contributed by atoms with Crippen molar-refractivity contribution in [1.82, 2.24) is 14.0 Å². The number of nitrogens with one attached hydrogen (secondary N) is 1. The number of aliphatic hydroxyl groups is 1. The Kier molecular flexibility index (Phi) is 5.09. The molecule has 7 heteroatoms. The normalized spacial score (nSPS) is 22.6. The molecule has 1 aliphatic rings. The van der Waals surface area contributed by atoms with Gasteiger partial charge in [0.05, 0.1) is 6.61 Å². The molecule has 2 N–H and O–H groups in total. The van der Waals surface area contributed by atoms with Crippen molar-refractivity contribution in [1.29, 1.82) is 0 Å². The molecule has 2 unspecified atom stereocenters. The van der Waals surface area contributed by atoms with Gasteiger partial charge < -0.3 is 5.11 Å². The lowest BCUT2D eigenvalue weighted by Gasteiger charge is -2.34. The maximum atomic E-state index is 12.4. The van der Waals surface area contributed by atoms with E-state index in [2.05, 4.69) is 9.71 Å². The number of nitrogens with zero attached hydrogens (tertiary/aromatic N) is 2.